The van der Waals surface area contributed by atoms with Gasteiger partial charge in [-0.3, -0.25) is 4.79 Å². The van der Waals surface area contributed by atoms with Crippen LogP contribution in [0.1, 0.15) is 27.2 Å². The first-order valence-electron chi connectivity index (χ1n) is 6.56. The van der Waals surface area contributed by atoms with Gasteiger partial charge in [-0.15, -0.1) is 0 Å². The lowest BCUT2D eigenvalue weighted by Crippen LogP contribution is -2.51. The number of carbonyl (C=O) groups is 2. The lowest BCUT2D eigenvalue weighted by Gasteiger charge is -2.37. The summed E-state index contributed by atoms with van der Waals surface area (Å²) in [6, 6.07) is 0. The van der Waals surface area contributed by atoms with Crippen LogP contribution in [0.2, 0.25) is 0 Å². The summed E-state index contributed by atoms with van der Waals surface area (Å²) in [6.07, 6.45) is -5.71. The van der Waals surface area contributed by atoms with Crippen LogP contribution in [-0.2, 0) is 14.3 Å². The van der Waals surface area contributed by atoms with Crippen molar-refractivity contribution in [1.82, 2.24) is 4.90 Å². The van der Waals surface area contributed by atoms with E-state index in [9.17, 15) is 22.8 Å². The second kappa shape index (κ2) is 6.11. The van der Waals surface area contributed by atoms with E-state index in [2.05, 4.69) is 4.74 Å². The van der Waals surface area contributed by atoms with Crippen molar-refractivity contribution in [3.05, 3.63) is 0 Å². The van der Waals surface area contributed by atoms with E-state index in [1.807, 2.05) is 0 Å². The summed E-state index contributed by atoms with van der Waals surface area (Å²) in [5.41, 5.74) is -0.816. The average molecular weight is 311 g/mol. The van der Waals surface area contributed by atoms with E-state index in [1.165, 1.54) is 0 Å². The molecule has 122 valence electrons. The Morgan fingerprint density at radius 1 is 1.14 bits per heavy atom. The highest BCUT2D eigenvalue weighted by atomic mass is 19.4. The van der Waals surface area contributed by atoms with Crippen LogP contribution in [0.4, 0.5) is 18.0 Å². The Morgan fingerprint density at radius 3 is 2.14 bits per heavy atom. The fraction of sp³-hybridized carbons (Fsp3) is 0.846. The number of esters is 1. The van der Waals surface area contributed by atoms with Crippen LogP contribution >= 0.6 is 0 Å². The Bertz CT molecular complexity index is 403. The van der Waals surface area contributed by atoms with E-state index >= 15 is 0 Å². The topological polar surface area (TPSA) is 55.8 Å². The predicted octanol–water partition coefficient (Wildman–Crippen LogP) is 2.59. The lowest BCUT2D eigenvalue weighted by molar-refractivity contribution is -0.193. The number of carbonyl (C=O) groups excluding carboxylic acids is 2. The van der Waals surface area contributed by atoms with Crippen LogP contribution in [0.15, 0.2) is 0 Å². The summed E-state index contributed by atoms with van der Waals surface area (Å²) in [5, 5.41) is 0. The van der Waals surface area contributed by atoms with Gasteiger partial charge in [0.1, 0.15) is 5.60 Å². The summed E-state index contributed by atoms with van der Waals surface area (Å²) < 4.78 is 48.3. The Morgan fingerprint density at radius 2 is 1.71 bits per heavy atom. The van der Waals surface area contributed by atoms with Crippen molar-refractivity contribution < 1.29 is 32.2 Å². The Kier molecular flexibility index (Phi) is 5.11. The molecule has 0 N–H and O–H groups in total. The molecule has 0 spiro atoms. The molecule has 1 aliphatic heterocycles. The molecular weight excluding hydrogens is 291 g/mol. The number of hydrogen-bond donors (Lipinski definition) is 0. The first kappa shape index (κ1) is 17.6. The van der Waals surface area contributed by atoms with E-state index in [0.29, 0.717) is 0 Å². The zero-order valence-electron chi connectivity index (χ0n) is 12.5. The van der Waals surface area contributed by atoms with Crippen LogP contribution in [0.25, 0.3) is 0 Å². The number of hydrogen-bond acceptors (Lipinski definition) is 4. The summed E-state index contributed by atoms with van der Waals surface area (Å²) >= 11 is 0. The molecule has 1 amide bonds. The minimum absolute atomic E-state index is 0.131. The summed E-state index contributed by atoms with van der Waals surface area (Å²) in [6.45, 7) is 4.22. The molecule has 1 rings (SSSR count). The zero-order chi connectivity index (χ0) is 16.4. The minimum atomic E-state index is -4.48. The van der Waals surface area contributed by atoms with Gasteiger partial charge in [-0.2, -0.15) is 13.2 Å². The molecule has 0 unspecified atom stereocenters. The number of likely N-dealkylation sites (tertiary alicyclic amines) is 1. The number of methoxy groups -OCH3 is 1. The van der Waals surface area contributed by atoms with Crippen LogP contribution in [0.5, 0.6) is 0 Å². The quantitative estimate of drug-likeness (QED) is 0.699. The zero-order valence-corrected chi connectivity index (χ0v) is 12.5. The van der Waals surface area contributed by atoms with Crippen molar-refractivity contribution in [3.8, 4) is 0 Å². The fourth-order valence-electron chi connectivity index (χ4n) is 2.15. The van der Waals surface area contributed by atoms with Gasteiger partial charge >= 0.3 is 18.2 Å². The first-order valence-corrected chi connectivity index (χ1v) is 6.56. The second-order valence-corrected chi connectivity index (χ2v) is 6.08. The van der Waals surface area contributed by atoms with E-state index in [1.54, 1.807) is 20.8 Å². The fourth-order valence-corrected chi connectivity index (χ4v) is 2.15. The van der Waals surface area contributed by atoms with Gasteiger partial charge in [0.2, 0.25) is 0 Å². The molecule has 1 saturated heterocycles. The largest absolute Gasteiger partial charge is 0.469 e. The molecule has 1 aliphatic rings. The average Bonchev–Trinajstić information content (AvgIpc) is 2.34. The molecular formula is C13H20F3NO4. The first-order chi connectivity index (χ1) is 9.44. The van der Waals surface area contributed by atoms with Gasteiger partial charge in [0.05, 0.1) is 18.9 Å². The smallest absolute Gasteiger partial charge is 0.410 e. The molecule has 0 radical (unpaired) electrons. The van der Waals surface area contributed by atoms with Crippen molar-refractivity contribution >= 4 is 12.1 Å². The van der Waals surface area contributed by atoms with Gasteiger partial charge in [-0.05, 0) is 27.2 Å². The normalized spacial score (nSPS) is 23.7. The van der Waals surface area contributed by atoms with Crippen molar-refractivity contribution in [2.45, 2.75) is 39.0 Å². The third-order valence-corrected chi connectivity index (χ3v) is 3.10. The van der Waals surface area contributed by atoms with Crippen molar-refractivity contribution in [1.29, 1.82) is 0 Å². The highest BCUT2D eigenvalue weighted by Crippen LogP contribution is 2.36. The number of nitrogens with zero attached hydrogens (tertiary/aromatic N) is 1. The molecule has 0 aromatic carbocycles. The number of rotatable bonds is 1. The van der Waals surface area contributed by atoms with E-state index in [4.69, 9.17) is 4.74 Å². The summed E-state index contributed by atoms with van der Waals surface area (Å²) in [5.74, 6) is -3.51. The van der Waals surface area contributed by atoms with Gasteiger partial charge in [-0.1, -0.05) is 0 Å². The maximum absolute atomic E-state index is 12.9. The highest BCUT2D eigenvalue weighted by molar-refractivity contribution is 5.75. The maximum atomic E-state index is 12.9. The molecule has 1 fully saturated rings. The molecule has 0 aromatic rings. The SMILES string of the molecule is COC(=O)[C@@H]1C[C@H](C(F)(F)F)CN(C(=O)OC(C)(C)C)C1. The van der Waals surface area contributed by atoms with Crippen molar-refractivity contribution in [3.63, 3.8) is 0 Å². The predicted molar refractivity (Wildman–Crippen MR) is 67.5 cm³/mol. The van der Waals surface area contributed by atoms with Crippen LogP contribution in [0, 0.1) is 11.8 Å². The monoisotopic (exact) mass is 311 g/mol. The Balaban J connectivity index is 2.88. The summed E-state index contributed by atoms with van der Waals surface area (Å²) in [4.78, 5) is 24.4. The van der Waals surface area contributed by atoms with Crippen molar-refractivity contribution in [2.24, 2.45) is 11.8 Å². The van der Waals surface area contributed by atoms with Gasteiger partial charge in [-0.25, -0.2) is 4.79 Å². The van der Waals surface area contributed by atoms with E-state index in [-0.39, 0.29) is 13.0 Å². The number of halogens is 3. The Labute approximate surface area is 121 Å². The lowest BCUT2D eigenvalue weighted by atomic mass is 9.89. The van der Waals surface area contributed by atoms with Gasteiger partial charge in [0, 0.05) is 13.1 Å². The third kappa shape index (κ3) is 5.09. The van der Waals surface area contributed by atoms with E-state index < -0.39 is 42.2 Å². The second-order valence-electron chi connectivity index (χ2n) is 6.08. The molecule has 5 nitrogen and oxygen atoms in total. The maximum Gasteiger partial charge on any atom is 0.410 e. The minimum Gasteiger partial charge on any atom is -0.469 e. The van der Waals surface area contributed by atoms with E-state index in [0.717, 1.165) is 12.0 Å². The number of piperidine rings is 1. The third-order valence-electron chi connectivity index (χ3n) is 3.10. The standard InChI is InChI=1S/C13H20F3NO4/c1-12(2,3)21-11(19)17-6-8(10(18)20-4)5-9(7-17)13(14,15)16/h8-9H,5-7H2,1-4H3/t8-,9+/m1/s1. The van der Waals surface area contributed by atoms with Gasteiger partial charge in [0.25, 0.3) is 0 Å². The van der Waals surface area contributed by atoms with Crippen molar-refractivity contribution in [2.75, 3.05) is 20.2 Å². The number of amides is 1. The Hall–Kier alpha value is -1.47. The summed E-state index contributed by atoms with van der Waals surface area (Å²) in [7, 11) is 1.11. The van der Waals surface area contributed by atoms with Gasteiger partial charge in [0.15, 0.2) is 0 Å². The molecule has 0 bridgehead atoms. The van der Waals surface area contributed by atoms with Crippen LogP contribution in [-0.4, -0.2) is 48.9 Å². The van der Waals surface area contributed by atoms with Gasteiger partial charge < -0.3 is 14.4 Å². The van der Waals surface area contributed by atoms with Crippen LogP contribution < -0.4 is 0 Å². The molecule has 1 heterocycles. The van der Waals surface area contributed by atoms with Crippen LogP contribution in [0.3, 0.4) is 0 Å². The molecule has 0 saturated carbocycles. The molecule has 0 aromatic heterocycles. The molecule has 21 heavy (non-hydrogen) atoms. The highest BCUT2D eigenvalue weighted by Gasteiger charge is 2.47. The number of ether oxygens (including phenoxy) is 2. The number of alkyl halides is 3. The molecule has 8 heteroatoms. The molecule has 2 atom stereocenters. The molecule has 0 aliphatic carbocycles.